The van der Waals surface area contributed by atoms with Gasteiger partial charge in [-0.05, 0) is 92.3 Å². The van der Waals surface area contributed by atoms with Crippen LogP contribution in [0.1, 0.15) is 81.1 Å². The number of benzene rings is 2. The molecule has 0 radical (unpaired) electrons. The van der Waals surface area contributed by atoms with Crippen molar-refractivity contribution in [3.8, 4) is 16.9 Å². The number of hydrogen-bond acceptors (Lipinski definition) is 3. The van der Waals surface area contributed by atoms with Gasteiger partial charge in [-0.2, -0.15) is 0 Å². The maximum Gasteiger partial charge on any atom is 0.159 e. The predicted octanol–water partition coefficient (Wildman–Crippen LogP) is 6.96. The Bertz CT molecular complexity index is 911. The molecule has 2 aromatic carbocycles. The maximum atomic E-state index is 11.6. The van der Waals surface area contributed by atoms with Gasteiger partial charge in [0, 0.05) is 11.6 Å². The molecule has 1 heterocycles. The maximum absolute atomic E-state index is 11.6. The highest BCUT2D eigenvalue weighted by Gasteiger charge is 2.34. The van der Waals surface area contributed by atoms with Crippen molar-refractivity contribution in [3.05, 3.63) is 53.6 Å². The van der Waals surface area contributed by atoms with Gasteiger partial charge in [-0.25, -0.2) is 0 Å². The topological polar surface area (TPSA) is 29.5 Å². The zero-order chi connectivity index (χ0) is 22.7. The lowest BCUT2D eigenvalue weighted by Crippen LogP contribution is -2.47. The fourth-order valence-electron chi connectivity index (χ4n) is 5.93. The summed E-state index contributed by atoms with van der Waals surface area (Å²) in [6.45, 7) is 8.82. The first kappa shape index (κ1) is 23.0. The lowest BCUT2D eigenvalue weighted by molar-refractivity contribution is 0.0640. The fraction of sp³-hybridized carbons (Fsp3) is 0.552. The van der Waals surface area contributed by atoms with Crippen LogP contribution in [-0.2, 0) is 0 Å². The SMILES string of the molecule is CC[C@@H]1CC[C@@H](C)[C@@H](N2CCC(c3cc(-c4ccc(C(C)=O)cc4)ccc3OC)CC2)C1. The number of nitrogens with zero attached hydrogens (tertiary/aromatic N) is 1. The predicted molar refractivity (Wildman–Crippen MR) is 133 cm³/mol. The van der Waals surface area contributed by atoms with Crippen molar-refractivity contribution in [3.63, 3.8) is 0 Å². The second kappa shape index (κ2) is 10.2. The van der Waals surface area contributed by atoms with Crippen LogP contribution >= 0.6 is 0 Å². The molecule has 2 fully saturated rings. The van der Waals surface area contributed by atoms with E-state index in [0.717, 1.165) is 34.8 Å². The van der Waals surface area contributed by atoms with Crippen LogP contribution in [0.4, 0.5) is 0 Å². The van der Waals surface area contributed by atoms with Gasteiger partial charge in [0.1, 0.15) is 5.75 Å². The van der Waals surface area contributed by atoms with Crippen LogP contribution in [0.25, 0.3) is 11.1 Å². The summed E-state index contributed by atoms with van der Waals surface area (Å²) >= 11 is 0. The van der Waals surface area contributed by atoms with E-state index in [9.17, 15) is 4.79 Å². The summed E-state index contributed by atoms with van der Waals surface area (Å²) in [6.07, 6.45) is 7.92. The molecule has 1 saturated carbocycles. The normalized spacial score (nSPS) is 24.9. The summed E-state index contributed by atoms with van der Waals surface area (Å²) in [5, 5.41) is 0. The smallest absolute Gasteiger partial charge is 0.159 e. The quantitative estimate of drug-likeness (QED) is 0.461. The Morgan fingerprint density at radius 2 is 1.69 bits per heavy atom. The van der Waals surface area contributed by atoms with E-state index in [2.05, 4.69) is 49.1 Å². The van der Waals surface area contributed by atoms with E-state index in [1.165, 1.54) is 62.7 Å². The molecule has 3 nitrogen and oxygen atoms in total. The summed E-state index contributed by atoms with van der Waals surface area (Å²) in [5.41, 5.74) is 4.45. The highest BCUT2D eigenvalue weighted by molar-refractivity contribution is 5.94. The molecule has 2 aliphatic rings. The van der Waals surface area contributed by atoms with Crippen molar-refractivity contribution in [2.45, 2.75) is 71.3 Å². The Balaban J connectivity index is 1.49. The van der Waals surface area contributed by atoms with Gasteiger partial charge in [0.05, 0.1) is 7.11 Å². The largest absolute Gasteiger partial charge is 0.496 e. The third-order valence-electron chi connectivity index (χ3n) is 8.13. The Kier molecular flexibility index (Phi) is 7.35. The second-order valence-corrected chi connectivity index (χ2v) is 10.0. The molecular weight excluding hydrogens is 394 g/mol. The van der Waals surface area contributed by atoms with Gasteiger partial charge in [0.2, 0.25) is 0 Å². The van der Waals surface area contributed by atoms with Gasteiger partial charge in [-0.1, -0.05) is 57.0 Å². The Morgan fingerprint density at radius 1 is 1.00 bits per heavy atom. The molecule has 172 valence electrons. The van der Waals surface area contributed by atoms with Crippen LogP contribution in [0, 0.1) is 11.8 Å². The van der Waals surface area contributed by atoms with Crippen LogP contribution in [0.15, 0.2) is 42.5 Å². The van der Waals surface area contributed by atoms with Gasteiger partial charge in [-0.3, -0.25) is 4.79 Å². The number of carbonyl (C=O) groups excluding carboxylic acids is 1. The number of ether oxygens (including phenoxy) is 1. The van der Waals surface area contributed by atoms with Crippen molar-refractivity contribution >= 4 is 5.78 Å². The zero-order valence-electron chi connectivity index (χ0n) is 20.3. The Labute approximate surface area is 194 Å². The van der Waals surface area contributed by atoms with Crippen molar-refractivity contribution in [2.75, 3.05) is 20.2 Å². The molecule has 3 atom stereocenters. The van der Waals surface area contributed by atoms with Crippen molar-refractivity contribution < 1.29 is 9.53 Å². The van der Waals surface area contributed by atoms with E-state index >= 15 is 0 Å². The molecule has 4 rings (SSSR count). The van der Waals surface area contributed by atoms with Gasteiger partial charge in [0.25, 0.3) is 0 Å². The van der Waals surface area contributed by atoms with E-state index in [4.69, 9.17) is 4.74 Å². The van der Waals surface area contributed by atoms with E-state index in [1.54, 1.807) is 14.0 Å². The summed E-state index contributed by atoms with van der Waals surface area (Å²) in [5.74, 6) is 3.39. The molecule has 2 aromatic rings. The van der Waals surface area contributed by atoms with Gasteiger partial charge in [-0.15, -0.1) is 0 Å². The van der Waals surface area contributed by atoms with Crippen molar-refractivity contribution in [2.24, 2.45) is 11.8 Å². The number of likely N-dealkylation sites (tertiary alicyclic amines) is 1. The van der Waals surface area contributed by atoms with Crippen LogP contribution in [0.5, 0.6) is 5.75 Å². The lowest BCUT2D eigenvalue weighted by atomic mass is 9.76. The minimum absolute atomic E-state index is 0.108. The number of hydrogen-bond donors (Lipinski definition) is 0. The van der Waals surface area contributed by atoms with E-state index in [0.29, 0.717) is 5.92 Å². The number of ketones is 1. The van der Waals surface area contributed by atoms with Crippen LogP contribution in [0.3, 0.4) is 0 Å². The van der Waals surface area contributed by atoms with Crippen molar-refractivity contribution in [1.82, 2.24) is 4.90 Å². The summed E-state index contributed by atoms with van der Waals surface area (Å²) in [7, 11) is 1.78. The first-order valence-electron chi connectivity index (χ1n) is 12.5. The molecular formula is C29H39NO2. The Hall–Kier alpha value is -2.13. The van der Waals surface area contributed by atoms with Gasteiger partial charge in [0.15, 0.2) is 5.78 Å². The number of methoxy groups -OCH3 is 1. The Morgan fingerprint density at radius 3 is 2.31 bits per heavy atom. The number of carbonyl (C=O) groups is 1. The molecule has 0 aromatic heterocycles. The van der Waals surface area contributed by atoms with E-state index in [1.807, 2.05) is 12.1 Å². The average molecular weight is 434 g/mol. The standard InChI is InChI=1S/C29H39NO2/c1-5-22-7-6-20(2)28(18-22)30-16-14-25(15-17-30)27-19-26(12-13-29(27)32-4)24-10-8-23(9-11-24)21(3)31/h8-13,19-20,22,25,28H,5-7,14-18H2,1-4H3/t20-,22-,28+/m1/s1. The number of piperidine rings is 1. The molecule has 0 bridgehead atoms. The third kappa shape index (κ3) is 4.93. The summed E-state index contributed by atoms with van der Waals surface area (Å²) in [6, 6.07) is 15.3. The van der Waals surface area contributed by atoms with E-state index < -0.39 is 0 Å². The molecule has 0 unspecified atom stereocenters. The minimum Gasteiger partial charge on any atom is -0.496 e. The number of Topliss-reactive ketones (excluding diaryl/α,β-unsaturated/α-hetero) is 1. The minimum atomic E-state index is 0.108. The van der Waals surface area contributed by atoms with Crippen LogP contribution < -0.4 is 4.74 Å². The fourth-order valence-corrected chi connectivity index (χ4v) is 5.93. The van der Waals surface area contributed by atoms with Gasteiger partial charge >= 0.3 is 0 Å². The van der Waals surface area contributed by atoms with Crippen LogP contribution in [0.2, 0.25) is 0 Å². The van der Waals surface area contributed by atoms with E-state index in [-0.39, 0.29) is 5.78 Å². The average Bonchev–Trinajstić information content (AvgIpc) is 2.84. The van der Waals surface area contributed by atoms with Crippen LogP contribution in [-0.4, -0.2) is 36.9 Å². The third-order valence-corrected chi connectivity index (χ3v) is 8.13. The lowest BCUT2D eigenvalue weighted by Gasteiger charge is -2.44. The zero-order valence-corrected chi connectivity index (χ0v) is 20.3. The molecule has 3 heteroatoms. The monoisotopic (exact) mass is 433 g/mol. The summed E-state index contributed by atoms with van der Waals surface area (Å²) in [4.78, 5) is 14.4. The molecule has 1 aliphatic heterocycles. The molecule has 1 aliphatic carbocycles. The first-order chi connectivity index (χ1) is 15.5. The molecule has 32 heavy (non-hydrogen) atoms. The molecule has 0 spiro atoms. The highest BCUT2D eigenvalue weighted by atomic mass is 16.5. The highest BCUT2D eigenvalue weighted by Crippen LogP contribution is 2.40. The number of rotatable bonds is 6. The molecule has 0 N–H and O–H groups in total. The summed E-state index contributed by atoms with van der Waals surface area (Å²) < 4.78 is 5.77. The first-order valence-corrected chi connectivity index (χ1v) is 12.5. The molecule has 0 amide bonds. The second-order valence-electron chi connectivity index (χ2n) is 10.0. The molecule has 1 saturated heterocycles. The van der Waals surface area contributed by atoms with Gasteiger partial charge < -0.3 is 9.64 Å². The van der Waals surface area contributed by atoms with Crippen molar-refractivity contribution in [1.29, 1.82) is 0 Å².